The molecule has 0 aliphatic heterocycles. The van der Waals surface area contributed by atoms with Crippen molar-refractivity contribution in [1.29, 1.82) is 0 Å². The number of methoxy groups -OCH3 is 1. The summed E-state index contributed by atoms with van der Waals surface area (Å²) in [6.45, 7) is 2.16. The maximum absolute atomic E-state index is 10.8. The van der Waals surface area contributed by atoms with E-state index in [9.17, 15) is 9.59 Å². The minimum absolute atomic E-state index is 0.190. The van der Waals surface area contributed by atoms with Crippen LogP contribution in [0, 0.1) is 0 Å². The summed E-state index contributed by atoms with van der Waals surface area (Å²) in [6, 6.07) is 0. The number of ether oxygens (including phenoxy) is 2. The van der Waals surface area contributed by atoms with E-state index in [-0.39, 0.29) is 11.9 Å². The number of esters is 2. The lowest BCUT2D eigenvalue weighted by Crippen LogP contribution is -1.99. The first-order chi connectivity index (χ1) is 7.20. The Bertz CT molecular complexity index is 221. The van der Waals surface area contributed by atoms with Crippen LogP contribution in [-0.2, 0) is 19.1 Å². The molecule has 0 heterocycles. The van der Waals surface area contributed by atoms with Crippen LogP contribution in [0.15, 0.2) is 12.2 Å². The van der Waals surface area contributed by atoms with Crippen molar-refractivity contribution in [2.24, 2.45) is 0 Å². The molecule has 4 nitrogen and oxygen atoms in total. The molecule has 15 heavy (non-hydrogen) atoms. The van der Waals surface area contributed by atoms with E-state index in [1.165, 1.54) is 13.2 Å². The van der Waals surface area contributed by atoms with Gasteiger partial charge in [-0.15, -0.1) is 0 Å². The number of carbonyl (C=O) groups is 2. The zero-order chi connectivity index (χ0) is 11.5. The average molecular weight is 214 g/mol. The fourth-order valence-electron chi connectivity index (χ4n) is 1.00. The molecule has 0 radical (unpaired) electrons. The molecule has 0 aromatic heterocycles. The number of allylic oxidation sites excluding steroid dienone is 1. The summed E-state index contributed by atoms with van der Waals surface area (Å²) in [7, 11) is 1.38. The number of hydrogen-bond acceptors (Lipinski definition) is 4. The number of hydrogen-bond donors (Lipinski definition) is 0. The molecule has 0 fully saturated rings. The third-order valence-electron chi connectivity index (χ3n) is 1.77. The van der Waals surface area contributed by atoms with Crippen LogP contribution >= 0.6 is 0 Å². The Hall–Kier alpha value is -1.32. The van der Waals surface area contributed by atoms with Gasteiger partial charge >= 0.3 is 11.9 Å². The highest BCUT2D eigenvalue weighted by Gasteiger charge is 1.98. The molecule has 0 amide bonds. The molecule has 0 spiro atoms. The van der Waals surface area contributed by atoms with E-state index in [1.807, 2.05) is 0 Å². The van der Waals surface area contributed by atoms with E-state index < -0.39 is 0 Å². The lowest BCUT2D eigenvalue weighted by Gasteiger charge is -1.97. The normalized spacial score (nSPS) is 10.3. The van der Waals surface area contributed by atoms with Crippen LogP contribution in [0.2, 0.25) is 0 Å². The number of rotatable bonds is 7. The number of carbonyl (C=O) groups excluding carboxylic acids is 2. The van der Waals surface area contributed by atoms with Gasteiger partial charge in [-0.25, -0.2) is 4.79 Å². The Morgan fingerprint density at radius 1 is 1.27 bits per heavy atom. The van der Waals surface area contributed by atoms with E-state index in [2.05, 4.69) is 4.74 Å². The smallest absolute Gasteiger partial charge is 0.330 e. The topological polar surface area (TPSA) is 52.6 Å². The molecule has 0 unspecified atom stereocenters. The molecule has 0 aromatic carbocycles. The summed E-state index contributed by atoms with van der Waals surface area (Å²) in [5.74, 6) is -0.505. The van der Waals surface area contributed by atoms with E-state index in [0.29, 0.717) is 13.0 Å². The highest BCUT2D eigenvalue weighted by molar-refractivity contribution is 5.81. The minimum Gasteiger partial charge on any atom is -0.469 e. The molecule has 86 valence electrons. The number of unbranched alkanes of at least 4 members (excludes halogenated alkanes) is 2. The molecular formula is C11H18O4. The van der Waals surface area contributed by atoms with Crippen molar-refractivity contribution in [3.05, 3.63) is 12.2 Å². The summed E-state index contributed by atoms with van der Waals surface area (Å²) in [5, 5.41) is 0. The van der Waals surface area contributed by atoms with Gasteiger partial charge in [0.05, 0.1) is 13.7 Å². The Morgan fingerprint density at radius 2 is 2.00 bits per heavy atom. The Morgan fingerprint density at radius 3 is 2.60 bits per heavy atom. The molecule has 0 N–H and O–H groups in total. The van der Waals surface area contributed by atoms with E-state index in [0.717, 1.165) is 19.3 Å². The first-order valence-corrected chi connectivity index (χ1v) is 5.10. The van der Waals surface area contributed by atoms with Gasteiger partial charge in [0.1, 0.15) is 0 Å². The van der Waals surface area contributed by atoms with Crippen LogP contribution in [0.4, 0.5) is 0 Å². The Kier molecular flexibility index (Phi) is 8.43. The van der Waals surface area contributed by atoms with Gasteiger partial charge in [-0.2, -0.15) is 0 Å². The van der Waals surface area contributed by atoms with Crippen molar-refractivity contribution in [2.75, 3.05) is 13.7 Å². The largest absolute Gasteiger partial charge is 0.469 e. The predicted octanol–water partition coefficient (Wildman–Crippen LogP) is 1.84. The monoisotopic (exact) mass is 214 g/mol. The van der Waals surface area contributed by atoms with Gasteiger partial charge in [-0.3, -0.25) is 4.79 Å². The first-order valence-electron chi connectivity index (χ1n) is 5.10. The molecule has 0 saturated carbocycles. The van der Waals surface area contributed by atoms with Gasteiger partial charge in [0.25, 0.3) is 0 Å². The highest BCUT2D eigenvalue weighted by atomic mass is 16.5. The van der Waals surface area contributed by atoms with E-state index >= 15 is 0 Å². The Balaban J connectivity index is 3.38. The van der Waals surface area contributed by atoms with Crippen LogP contribution in [0.3, 0.4) is 0 Å². The second-order valence-electron chi connectivity index (χ2n) is 2.98. The standard InChI is InChI=1S/C11H18O4/c1-3-15-11(13)9-7-5-4-6-8-10(12)14-2/h7,9H,3-6,8H2,1-2H3/b9-7+. The maximum atomic E-state index is 10.8. The van der Waals surface area contributed by atoms with Gasteiger partial charge in [0.2, 0.25) is 0 Å². The molecule has 0 saturated heterocycles. The van der Waals surface area contributed by atoms with Gasteiger partial charge in [-0.1, -0.05) is 6.08 Å². The van der Waals surface area contributed by atoms with Crippen molar-refractivity contribution < 1.29 is 19.1 Å². The molecule has 0 atom stereocenters. The third kappa shape index (κ3) is 9.00. The maximum Gasteiger partial charge on any atom is 0.330 e. The molecule has 4 heteroatoms. The zero-order valence-corrected chi connectivity index (χ0v) is 9.32. The zero-order valence-electron chi connectivity index (χ0n) is 9.32. The van der Waals surface area contributed by atoms with Crippen LogP contribution in [0.1, 0.15) is 32.6 Å². The molecule has 0 aromatic rings. The molecule has 0 aliphatic rings. The first kappa shape index (κ1) is 13.7. The fourth-order valence-corrected chi connectivity index (χ4v) is 1.00. The summed E-state index contributed by atoms with van der Waals surface area (Å²) in [6.07, 6.45) is 6.03. The molecular weight excluding hydrogens is 196 g/mol. The quantitative estimate of drug-likeness (QED) is 0.368. The van der Waals surface area contributed by atoms with Crippen LogP contribution in [0.25, 0.3) is 0 Å². The molecule has 0 bridgehead atoms. The van der Waals surface area contributed by atoms with E-state index in [1.54, 1.807) is 13.0 Å². The SMILES string of the molecule is CCOC(=O)/C=C/CCCCC(=O)OC. The van der Waals surface area contributed by atoms with Gasteiger partial charge in [0.15, 0.2) is 0 Å². The van der Waals surface area contributed by atoms with Crippen LogP contribution < -0.4 is 0 Å². The van der Waals surface area contributed by atoms with Crippen molar-refractivity contribution in [1.82, 2.24) is 0 Å². The van der Waals surface area contributed by atoms with Crippen LogP contribution in [-0.4, -0.2) is 25.7 Å². The van der Waals surface area contributed by atoms with Gasteiger partial charge < -0.3 is 9.47 Å². The third-order valence-corrected chi connectivity index (χ3v) is 1.77. The Labute approximate surface area is 90.2 Å². The highest BCUT2D eigenvalue weighted by Crippen LogP contribution is 2.01. The lowest BCUT2D eigenvalue weighted by molar-refractivity contribution is -0.141. The second-order valence-corrected chi connectivity index (χ2v) is 2.98. The summed E-state index contributed by atoms with van der Waals surface area (Å²) in [4.78, 5) is 21.6. The lowest BCUT2D eigenvalue weighted by atomic mass is 10.2. The van der Waals surface area contributed by atoms with Crippen molar-refractivity contribution in [2.45, 2.75) is 32.6 Å². The van der Waals surface area contributed by atoms with Crippen molar-refractivity contribution in [3.8, 4) is 0 Å². The summed E-state index contributed by atoms with van der Waals surface area (Å²) in [5.41, 5.74) is 0. The fraction of sp³-hybridized carbons (Fsp3) is 0.636. The molecule has 0 aliphatic carbocycles. The molecule has 0 rings (SSSR count). The van der Waals surface area contributed by atoms with Crippen molar-refractivity contribution in [3.63, 3.8) is 0 Å². The second kappa shape index (κ2) is 9.24. The average Bonchev–Trinajstić information content (AvgIpc) is 2.23. The van der Waals surface area contributed by atoms with Crippen LogP contribution in [0.5, 0.6) is 0 Å². The van der Waals surface area contributed by atoms with Crippen molar-refractivity contribution >= 4 is 11.9 Å². The summed E-state index contributed by atoms with van der Waals surface area (Å²) < 4.78 is 9.20. The van der Waals surface area contributed by atoms with E-state index in [4.69, 9.17) is 4.74 Å². The summed E-state index contributed by atoms with van der Waals surface area (Å²) >= 11 is 0. The minimum atomic E-state index is -0.314. The van der Waals surface area contributed by atoms with Gasteiger partial charge in [-0.05, 0) is 26.2 Å². The van der Waals surface area contributed by atoms with Gasteiger partial charge in [0, 0.05) is 12.5 Å². The predicted molar refractivity (Wildman–Crippen MR) is 56.3 cm³/mol.